The fourth-order valence-electron chi connectivity index (χ4n) is 5.94. The molecule has 3 aliphatic heterocycles. The maximum atomic E-state index is 13.3. The summed E-state index contributed by atoms with van der Waals surface area (Å²) in [6.07, 6.45) is 8.79. The second-order valence-electron chi connectivity index (χ2n) is 10.8. The number of pyridine rings is 2. The molecule has 1 aliphatic carbocycles. The van der Waals surface area contributed by atoms with E-state index in [1.807, 2.05) is 11.0 Å². The summed E-state index contributed by atoms with van der Waals surface area (Å²) < 4.78 is 0. The van der Waals surface area contributed by atoms with E-state index in [0.717, 1.165) is 74.7 Å². The minimum Gasteiger partial charge on any atom is -0.336 e. The van der Waals surface area contributed by atoms with Crippen molar-refractivity contribution in [2.45, 2.75) is 57.5 Å². The fraction of sp³-hybridized carbons (Fsp3) is 0.500. The number of carbonyl (C=O) groups excluding carboxylic acids is 3. The molecular weight excluding hydrogens is 482 g/mol. The number of hydrogen-bond donors (Lipinski definition) is 1. The van der Waals surface area contributed by atoms with Gasteiger partial charge in [-0.3, -0.25) is 24.7 Å². The van der Waals surface area contributed by atoms with Gasteiger partial charge in [0.25, 0.3) is 0 Å². The Bertz CT molecular complexity index is 1330. The lowest BCUT2D eigenvalue weighted by atomic mass is 10.0. The Morgan fingerprint density at radius 1 is 1.13 bits per heavy atom. The molecule has 0 aromatic carbocycles. The number of nitriles is 1. The molecule has 2 aromatic rings. The third kappa shape index (κ3) is 4.74. The quantitative estimate of drug-likeness (QED) is 0.589. The summed E-state index contributed by atoms with van der Waals surface area (Å²) in [5.41, 5.74) is 3.31. The number of nitrogens with zero attached hydrogens (tertiary/aromatic N) is 6. The van der Waals surface area contributed by atoms with Crippen LogP contribution in [0.5, 0.6) is 0 Å². The third-order valence-electron chi connectivity index (χ3n) is 8.16. The molecule has 5 heterocycles. The van der Waals surface area contributed by atoms with Gasteiger partial charge >= 0.3 is 6.03 Å². The number of amides is 3. The van der Waals surface area contributed by atoms with Crippen molar-refractivity contribution in [3.8, 4) is 6.07 Å². The highest BCUT2D eigenvalue weighted by atomic mass is 16.2. The Labute approximate surface area is 221 Å². The third-order valence-corrected chi connectivity index (χ3v) is 8.16. The van der Waals surface area contributed by atoms with Crippen molar-refractivity contribution in [1.82, 2.24) is 19.8 Å². The molecule has 3 amide bonds. The summed E-state index contributed by atoms with van der Waals surface area (Å²) in [5.74, 6) is 1.59. The van der Waals surface area contributed by atoms with Crippen LogP contribution in [0.3, 0.4) is 0 Å². The highest BCUT2D eigenvalue weighted by Gasteiger charge is 2.38. The van der Waals surface area contributed by atoms with E-state index < -0.39 is 0 Å². The molecule has 196 valence electrons. The van der Waals surface area contributed by atoms with E-state index in [1.54, 1.807) is 11.0 Å². The monoisotopic (exact) mass is 513 g/mol. The first kappa shape index (κ1) is 24.5. The maximum Gasteiger partial charge on any atom is 0.328 e. The van der Waals surface area contributed by atoms with Crippen LogP contribution in [-0.4, -0.2) is 70.2 Å². The average molecular weight is 514 g/mol. The van der Waals surface area contributed by atoms with Crippen molar-refractivity contribution in [2.24, 2.45) is 5.92 Å². The number of hydrogen-bond acceptors (Lipinski definition) is 7. The van der Waals surface area contributed by atoms with Crippen LogP contribution < -0.4 is 10.2 Å². The molecule has 2 saturated heterocycles. The maximum absolute atomic E-state index is 13.3. The van der Waals surface area contributed by atoms with Gasteiger partial charge in [-0.25, -0.2) is 14.8 Å². The Morgan fingerprint density at radius 2 is 2.00 bits per heavy atom. The number of urea groups is 1. The first-order valence-electron chi connectivity index (χ1n) is 13.5. The summed E-state index contributed by atoms with van der Waals surface area (Å²) in [4.78, 5) is 52.9. The predicted molar refractivity (Wildman–Crippen MR) is 140 cm³/mol. The number of aryl methyl sites for hydroxylation is 1. The Kier molecular flexibility index (Phi) is 6.54. The van der Waals surface area contributed by atoms with Gasteiger partial charge in [0.05, 0.1) is 11.6 Å². The number of piperazine rings is 1. The van der Waals surface area contributed by atoms with Gasteiger partial charge in [0.15, 0.2) is 6.29 Å². The summed E-state index contributed by atoms with van der Waals surface area (Å²) >= 11 is 0. The van der Waals surface area contributed by atoms with Crippen LogP contribution in [0.25, 0.3) is 0 Å². The Morgan fingerprint density at radius 3 is 2.79 bits per heavy atom. The molecule has 10 nitrogen and oxygen atoms in total. The van der Waals surface area contributed by atoms with Crippen LogP contribution in [-0.2, 0) is 24.2 Å². The number of carbonyl (C=O) groups is 3. The van der Waals surface area contributed by atoms with Crippen molar-refractivity contribution in [1.29, 1.82) is 5.26 Å². The van der Waals surface area contributed by atoms with Gasteiger partial charge in [0, 0.05) is 37.9 Å². The second-order valence-corrected chi connectivity index (χ2v) is 10.8. The largest absolute Gasteiger partial charge is 0.336 e. The molecule has 1 atom stereocenters. The molecule has 3 fully saturated rings. The Hall–Kier alpha value is -3.84. The molecule has 10 heteroatoms. The van der Waals surface area contributed by atoms with Crippen LogP contribution in [0, 0.1) is 17.2 Å². The summed E-state index contributed by atoms with van der Waals surface area (Å²) in [7, 11) is 0. The van der Waals surface area contributed by atoms with E-state index in [1.165, 1.54) is 6.20 Å². The number of aldehydes is 1. The molecule has 6 rings (SSSR count). The Balaban J connectivity index is 1.21. The average Bonchev–Trinajstić information content (AvgIpc) is 3.61. The SMILES string of the molecule is N#Cc1cnc(NC(=O)N2CCCc3cc(CN4CCN5CCCC5C4=O)c(C=O)nc32)cc1CC1CC1. The van der Waals surface area contributed by atoms with Gasteiger partial charge < -0.3 is 4.90 Å². The number of anilines is 2. The minimum atomic E-state index is -0.370. The molecule has 0 spiro atoms. The van der Waals surface area contributed by atoms with Crippen molar-refractivity contribution >= 4 is 29.9 Å². The highest BCUT2D eigenvalue weighted by molar-refractivity contribution is 6.01. The van der Waals surface area contributed by atoms with E-state index in [4.69, 9.17) is 0 Å². The van der Waals surface area contributed by atoms with E-state index >= 15 is 0 Å². The zero-order chi connectivity index (χ0) is 26.2. The van der Waals surface area contributed by atoms with Gasteiger partial charge in [-0.1, -0.05) is 0 Å². The van der Waals surface area contributed by atoms with E-state index in [0.29, 0.717) is 49.0 Å². The molecule has 4 aliphatic rings. The fourth-order valence-corrected chi connectivity index (χ4v) is 5.94. The van der Waals surface area contributed by atoms with Crippen molar-refractivity contribution < 1.29 is 14.4 Å². The minimum absolute atomic E-state index is 0.0474. The van der Waals surface area contributed by atoms with Gasteiger partial charge in [-0.05, 0) is 80.7 Å². The molecule has 0 radical (unpaired) electrons. The number of fused-ring (bicyclic) bond motifs is 2. The van der Waals surface area contributed by atoms with Crippen LogP contribution >= 0.6 is 0 Å². The van der Waals surface area contributed by atoms with Gasteiger partial charge in [-0.15, -0.1) is 0 Å². The van der Waals surface area contributed by atoms with Crippen molar-refractivity contribution in [2.75, 3.05) is 36.4 Å². The number of aromatic nitrogens is 2. The van der Waals surface area contributed by atoms with Crippen molar-refractivity contribution in [3.63, 3.8) is 0 Å². The first-order valence-corrected chi connectivity index (χ1v) is 13.5. The van der Waals surface area contributed by atoms with E-state index in [9.17, 15) is 19.6 Å². The number of nitrogens with one attached hydrogen (secondary N) is 1. The van der Waals surface area contributed by atoms with E-state index in [-0.39, 0.29) is 23.7 Å². The molecule has 1 N–H and O–H groups in total. The highest BCUT2D eigenvalue weighted by Crippen LogP contribution is 2.34. The zero-order valence-corrected chi connectivity index (χ0v) is 21.4. The van der Waals surface area contributed by atoms with Crippen LogP contribution in [0.2, 0.25) is 0 Å². The van der Waals surface area contributed by atoms with Crippen LogP contribution in [0.15, 0.2) is 18.3 Å². The van der Waals surface area contributed by atoms with Gasteiger partial charge in [0.1, 0.15) is 23.4 Å². The second kappa shape index (κ2) is 10.1. The predicted octanol–water partition coefficient (Wildman–Crippen LogP) is 2.90. The summed E-state index contributed by atoms with van der Waals surface area (Å²) in [5, 5.41) is 12.3. The van der Waals surface area contributed by atoms with Crippen molar-refractivity contribution in [3.05, 3.63) is 46.3 Å². The molecule has 1 unspecified atom stereocenters. The van der Waals surface area contributed by atoms with Crippen LogP contribution in [0.1, 0.15) is 64.8 Å². The van der Waals surface area contributed by atoms with Gasteiger partial charge in [0.2, 0.25) is 5.91 Å². The van der Waals surface area contributed by atoms with Crippen LogP contribution in [0.4, 0.5) is 16.4 Å². The topological polar surface area (TPSA) is 123 Å². The number of rotatable bonds is 6. The molecule has 38 heavy (non-hydrogen) atoms. The standard InChI is InChI=1S/C28H31N7O3/c29-14-22-15-30-25(13-20(22)11-18-5-6-18)32-28(38)35-8-1-3-19-12-21(23(17-36)31-26(19)35)16-34-10-9-33-7-2-4-24(33)27(34)37/h12-13,15,17-18,24H,1-11,16H2,(H,30,32,38). The smallest absolute Gasteiger partial charge is 0.328 e. The molecular formula is C28H31N7O3. The molecule has 2 aromatic heterocycles. The normalized spacial score (nSPS) is 21.0. The summed E-state index contributed by atoms with van der Waals surface area (Å²) in [6.45, 7) is 3.28. The van der Waals surface area contributed by atoms with Gasteiger partial charge in [-0.2, -0.15) is 5.26 Å². The molecule has 0 bridgehead atoms. The zero-order valence-electron chi connectivity index (χ0n) is 21.4. The first-order chi connectivity index (χ1) is 18.5. The molecule has 1 saturated carbocycles. The van der Waals surface area contributed by atoms with E-state index in [2.05, 4.69) is 26.3 Å². The lowest BCUT2D eigenvalue weighted by molar-refractivity contribution is -0.140. The lowest BCUT2D eigenvalue weighted by Gasteiger charge is -2.37. The lowest BCUT2D eigenvalue weighted by Crippen LogP contribution is -2.53. The summed E-state index contributed by atoms with van der Waals surface area (Å²) in [6, 6.07) is 5.50.